The van der Waals surface area contributed by atoms with Crippen LogP contribution in [0.5, 0.6) is 0 Å². The second-order valence-electron chi connectivity index (χ2n) is 6.65. The molecule has 3 unspecified atom stereocenters. The monoisotopic (exact) mass is 346 g/mol. The molecule has 2 rings (SSSR count). The summed E-state index contributed by atoms with van der Waals surface area (Å²) in [7, 11) is 0. The quantitative estimate of drug-likeness (QED) is 0.586. The van der Waals surface area contributed by atoms with Gasteiger partial charge in [0.25, 0.3) is 0 Å². The fraction of sp³-hybridized carbons (Fsp3) is 0.812. The third-order valence-electron chi connectivity index (χ3n) is 5.06. The standard InChI is InChI=1S/C16H23ClO6/c17-11-4-1-9(2-5-11)8-23-16(22)10-3-6-12(14(18)19)13(7-10)15(20)21/h9-13H,1-8H2,(H,18,19)(H,20,21). The van der Waals surface area contributed by atoms with Crippen molar-refractivity contribution >= 4 is 29.5 Å². The molecule has 2 aliphatic rings. The van der Waals surface area contributed by atoms with Crippen LogP contribution in [0.3, 0.4) is 0 Å². The Bertz CT molecular complexity index is 457. The summed E-state index contributed by atoms with van der Waals surface area (Å²) in [6.45, 7) is 0.346. The van der Waals surface area contributed by atoms with Crippen LogP contribution in [0.2, 0.25) is 0 Å². The van der Waals surface area contributed by atoms with Crippen LogP contribution in [0.4, 0.5) is 0 Å². The largest absolute Gasteiger partial charge is 0.481 e. The van der Waals surface area contributed by atoms with Gasteiger partial charge in [0, 0.05) is 5.38 Å². The summed E-state index contributed by atoms with van der Waals surface area (Å²) in [5.41, 5.74) is 0. The lowest BCUT2D eigenvalue weighted by atomic mass is 9.74. The molecular formula is C16H23ClO6. The van der Waals surface area contributed by atoms with Crippen molar-refractivity contribution in [2.75, 3.05) is 6.61 Å². The Hall–Kier alpha value is -1.30. The first-order valence-electron chi connectivity index (χ1n) is 8.14. The van der Waals surface area contributed by atoms with Gasteiger partial charge in [0.05, 0.1) is 24.4 Å². The van der Waals surface area contributed by atoms with Crippen molar-refractivity contribution in [3.05, 3.63) is 0 Å². The van der Waals surface area contributed by atoms with Crippen molar-refractivity contribution in [3.8, 4) is 0 Å². The van der Waals surface area contributed by atoms with E-state index in [1.54, 1.807) is 0 Å². The molecule has 0 amide bonds. The Morgan fingerprint density at radius 1 is 0.913 bits per heavy atom. The average Bonchev–Trinajstić information content (AvgIpc) is 2.53. The summed E-state index contributed by atoms with van der Waals surface area (Å²) in [4.78, 5) is 34.5. The van der Waals surface area contributed by atoms with E-state index in [1.807, 2.05) is 0 Å². The molecule has 0 bridgehead atoms. The van der Waals surface area contributed by atoms with Crippen LogP contribution in [0, 0.1) is 23.7 Å². The number of rotatable bonds is 5. The van der Waals surface area contributed by atoms with Gasteiger partial charge in [0.15, 0.2) is 0 Å². The minimum absolute atomic E-state index is 0.0412. The Morgan fingerprint density at radius 3 is 2.09 bits per heavy atom. The number of carbonyl (C=O) groups is 3. The maximum absolute atomic E-state index is 12.2. The predicted octanol–water partition coefficient (Wildman–Crippen LogP) is 2.53. The summed E-state index contributed by atoms with van der Waals surface area (Å²) in [5.74, 6) is -4.80. The zero-order valence-corrected chi connectivity index (χ0v) is 13.7. The van der Waals surface area contributed by atoms with Crippen LogP contribution in [-0.4, -0.2) is 40.1 Å². The lowest BCUT2D eigenvalue weighted by Crippen LogP contribution is -2.38. The van der Waals surface area contributed by atoms with Crippen molar-refractivity contribution in [2.45, 2.75) is 50.3 Å². The van der Waals surface area contributed by atoms with Crippen LogP contribution in [0.15, 0.2) is 0 Å². The highest BCUT2D eigenvalue weighted by Crippen LogP contribution is 2.35. The van der Waals surface area contributed by atoms with Gasteiger partial charge in [-0.05, 0) is 50.9 Å². The second-order valence-corrected chi connectivity index (χ2v) is 7.26. The molecule has 7 heteroatoms. The second kappa shape index (κ2) is 7.99. The molecule has 0 spiro atoms. The number of esters is 1. The zero-order chi connectivity index (χ0) is 17.0. The van der Waals surface area contributed by atoms with Crippen molar-refractivity contribution in [1.82, 2.24) is 0 Å². The first-order chi connectivity index (χ1) is 10.9. The third-order valence-corrected chi connectivity index (χ3v) is 5.49. The number of hydrogen-bond donors (Lipinski definition) is 2. The number of carbonyl (C=O) groups excluding carboxylic acids is 1. The highest BCUT2D eigenvalue weighted by molar-refractivity contribution is 6.20. The molecular weight excluding hydrogens is 324 g/mol. The van der Waals surface area contributed by atoms with Gasteiger partial charge in [-0.1, -0.05) is 0 Å². The number of aliphatic carboxylic acids is 2. The third kappa shape index (κ3) is 4.83. The zero-order valence-electron chi connectivity index (χ0n) is 12.9. The molecule has 6 nitrogen and oxygen atoms in total. The Kier molecular flexibility index (Phi) is 6.27. The minimum Gasteiger partial charge on any atom is -0.481 e. The smallest absolute Gasteiger partial charge is 0.308 e. The van der Waals surface area contributed by atoms with Crippen LogP contribution < -0.4 is 0 Å². The van der Waals surface area contributed by atoms with Gasteiger partial charge >= 0.3 is 17.9 Å². The molecule has 2 N–H and O–H groups in total. The SMILES string of the molecule is O=C(OCC1CCC(Cl)CC1)C1CCC(C(=O)O)C(C(=O)O)C1. The fourth-order valence-electron chi connectivity index (χ4n) is 3.56. The van der Waals surface area contributed by atoms with E-state index in [9.17, 15) is 19.5 Å². The number of ether oxygens (including phenoxy) is 1. The Morgan fingerprint density at radius 2 is 1.52 bits per heavy atom. The summed E-state index contributed by atoms with van der Waals surface area (Å²) >= 11 is 6.04. The maximum atomic E-state index is 12.2. The summed E-state index contributed by atoms with van der Waals surface area (Å²) in [6, 6.07) is 0. The van der Waals surface area contributed by atoms with Crippen LogP contribution >= 0.6 is 11.6 Å². The van der Waals surface area contributed by atoms with E-state index >= 15 is 0 Å². The first-order valence-corrected chi connectivity index (χ1v) is 8.58. The highest BCUT2D eigenvalue weighted by Gasteiger charge is 2.42. The molecule has 0 aromatic carbocycles. The van der Waals surface area contributed by atoms with E-state index in [2.05, 4.69) is 0 Å². The number of hydrogen-bond acceptors (Lipinski definition) is 4. The van der Waals surface area contributed by atoms with Crippen molar-refractivity contribution in [2.24, 2.45) is 23.7 Å². The molecule has 2 aliphatic carbocycles. The van der Waals surface area contributed by atoms with Crippen molar-refractivity contribution in [1.29, 1.82) is 0 Å². The first kappa shape index (κ1) is 18.0. The average molecular weight is 347 g/mol. The fourth-order valence-corrected chi connectivity index (χ4v) is 3.81. The van der Waals surface area contributed by atoms with E-state index in [0.717, 1.165) is 25.7 Å². The molecule has 0 heterocycles. The molecule has 130 valence electrons. The predicted molar refractivity (Wildman–Crippen MR) is 82.2 cm³/mol. The van der Waals surface area contributed by atoms with Crippen LogP contribution in [-0.2, 0) is 19.1 Å². The van der Waals surface area contributed by atoms with E-state index in [-0.39, 0.29) is 18.2 Å². The van der Waals surface area contributed by atoms with E-state index in [4.69, 9.17) is 21.4 Å². The van der Waals surface area contributed by atoms with E-state index < -0.39 is 35.7 Å². The van der Waals surface area contributed by atoms with E-state index in [0.29, 0.717) is 18.9 Å². The number of halogens is 1. The normalized spacial score (nSPS) is 34.6. The minimum atomic E-state index is -1.16. The summed E-state index contributed by atoms with van der Waals surface area (Å²) in [5, 5.41) is 18.5. The molecule has 0 radical (unpaired) electrons. The van der Waals surface area contributed by atoms with Gasteiger partial charge in [-0.2, -0.15) is 0 Å². The maximum Gasteiger partial charge on any atom is 0.308 e. The van der Waals surface area contributed by atoms with Crippen LogP contribution in [0.25, 0.3) is 0 Å². The molecule has 2 saturated carbocycles. The van der Waals surface area contributed by atoms with Crippen molar-refractivity contribution in [3.63, 3.8) is 0 Å². The molecule has 0 aliphatic heterocycles. The molecule has 23 heavy (non-hydrogen) atoms. The Balaban J connectivity index is 1.83. The van der Waals surface area contributed by atoms with Crippen LogP contribution in [0.1, 0.15) is 44.9 Å². The van der Waals surface area contributed by atoms with E-state index in [1.165, 1.54) is 0 Å². The lowest BCUT2D eigenvalue weighted by molar-refractivity contribution is -0.162. The number of carboxylic acid groups (broad SMARTS) is 2. The molecule has 0 aromatic heterocycles. The van der Waals surface area contributed by atoms with Gasteiger partial charge in [0.1, 0.15) is 0 Å². The highest BCUT2D eigenvalue weighted by atomic mass is 35.5. The molecule has 3 atom stereocenters. The van der Waals surface area contributed by atoms with Gasteiger partial charge in [-0.15, -0.1) is 11.6 Å². The molecule has 2 fully saturated rings. The summed E-state index contributed by atoms with van der Waals surface area (Å²) < 4.78 is 5.36. The lowest BCUT2D eigenvalue weighted by Gasteiger charge is -2.31. The number of carboxylic acids is 2. The molecule has 0 saturated heterocycles. The Labute approximate surface area is 140 Å². The van der Waals surface area contributed by atoms with Gasteiger partial charge in [-0.3, -0.25) is 14.4 Å². The number of alkyl halides is 1. The van der Waals surface area contributed by atoms with Gasteiger partial charge < -0.3 is 14.9 Å². The van der Waals surface area contributed by atoms with Gasteiger partial charge in [0.2, 0.25) is 0 Å². The molecule has 0 aromatic rings. The van der Waals surface area contributed by atoms with Gasteiger partial charge in [-0.25, -0.2) is 0 Å². The van der Waals surface area contributed by atoms with Crippen molar-refractivity contribution < 1.29 is 29.3 Å². The summed E-state index contributed by atoms with van der Waals surface area (Å²) in [6.07, 6.45) is 4.33. The topological polar surface area (TPSA) is 101 Å².